The monoisotopic (exact) mass is 303 g/mol. The number of aryl methyl sites for hydroxylation is 2. The fraction of sp³-hybridized carbons (Fsp3) is 0.647. The van der Waals surface area contributed by atoms with Crippen LogP contribution in [0.5, 0.6) is 0 Å². The van der Waals surface area contributed by atoms with Crippen LogP contribution in [0.2, 0.25) is 0 Å². The molecule has 0 bridgehead atoms. The molecule has 2 aliphatic heterocycles. The lowest BCUT2D eigenvalue weighted by molar-refractivity contribution is 0.0769. The maximum absolute atomic E-state index is 12.7. The molecule has 1 amide bonds. The molecule has 0 spiro atoms. The first kappa shape index (κ1) is 15.3. The van der Waals surface area contributed by atoms with E-state index in [9.17, 15) is 9.59 Å². The number of aromatic nitrogens is 1. The molecule has 1 aromatic heterocycles. The van der Waals surface area contributed by atoms with Crippen molar-refractivity contribution in [1.82, 2.24) is 14.8 Å². The predicted octanol–water partition coefficient (Wildman–Crippen LogP) is 1.69. The van der Waals surface area contributed by atoms with Crippen LogP contribution in [0.3, 0.4) is 0 Å². The van der Waals surface area contributed by atoms with Gasteiger partial charge in [0.1, 0.15) is 5.56 Å². The molecule has 2 fully saturated rings. The van der Waals surface area contributed by atoms with Crippen LogP contribution in [0, 0.1) is 13.8 Å². The number of likely N-dealkylation sites (tertiary alicyclic amines) is 2. The van der Waals surface area contributed by atoms with Gasteiger partial charge in [-0.25, -0.2) is 0 Å². The van der Waals surface area contributed by atoms with Crippen molar-refractivity contribution in [2.75, 3.05) is 26.2 Å². The number of nitrogens with one attached hydrogen (secondary N) is 1. The van der Waals surface area contributed by atoms with Gasteiger partial charge in [0.2, 0.25) is 0 Å². The van der Waals surface area contributed by atoms with E-state index < -0.39 is 0 Å². The second-order valence-corrected chi connectivity index (χ2v) is 6.61. The molecular formula is C17H25N3O2. The number of carbonyl (C=O) groups excluding carboxylic acids is 1. The molecule has 3 heterocycles. The third kappa shape index (κ3) is 2.95. The van der Waals surface area contributed by atoms with Crippen molar-refractivity contribution >= 4 is 5.91 Å². The summed E-state index contributed by atoms with van der Waals surface area (Å²) in [4.78, 5) is 32.4. The second-order valence-electron chi connectivity index (χ2n) is 6.61. The molecule has 1 N–H and O–H groups in total. The van der Waals surface area contributed by atoms with Gasteiger partial charge in [0, 0.05) is 36.6 Å². The molecule has 5 nitrogen and oxygen atoms in total. The van der Waals surface area contributed by atoms with Crippen LogP contribution >= 0.6 is 0 Å². The van der Waals surface area contributed by atoms with E-state index >= 15 is 0 Å². The Balaban J connectivity index is 1.73. The van der Waals surface area contributed by atoms with Gasteiger partial charge in [0.05, 0.1) is 0 Å². The van der Waals surface area contributed by atoms with Gasteiger partial charge in [-0.1, -0.05) is 6.42 Å². The van der Waals surface area contributed by atoms with Crippen molar-refractivity contribution in [3.8, 4) is 0 Å². The number of rotatable bonds is 2. The van der Waals surface area contributed by atoms with E-state index in [4.69, 9.17) is 0 Å². The minimum Gasteiger partial charge on any atom is -0.362 e. The minimum atomic E-state index is -0.167. The summed E-state index contributed by atoms with van der Waals surface area (Å²) in [5.74, 6) is -0.113. The number of aromatic amines is 1. The van der Waals surface area contributed by atoms with Crippen molar-refractivity contribution in [3.63, 3.8) is 0 Å². The van der Waals surface area contributed by atoms with Crippen molar-refractivity contribution < 1.29 is 4.79 Å². The van der Waals surface area contributed by atoms with Gasteiger partial charge in [-0.05, 0) is 46.2 Å². The average Bonchev–Trinajstić information content (AvgIpc) is 2.97. The number of hydrogen-bond acceptors (Lipinski definition) is 3. The Morgan fingerprint density at radius 3 is 2.59 bits per heavy atom. The number of carbonyl (C=O) groups is 1. The second kappa shape index (κ2) is 6.24. The highest BCUT2D eigenvalue weighted by atomic mass is 16.2. The maximum Gasteiger partial charge on any atom is 0.259 e. The molecule has 2 aliphatic rings. The van der Waals surface area contributed by atoms with Crippen LogP contribution in [0.1, 0.15) is 47.4 Å². The lowest BCUT2D eigenvalue weighted by Gasteiger charge is -2.32. The maximum atomic E-state index is 12.7. The van der Waals surface area contributed by atoms with E-state index in [0.717, 1.165) is 38.3 Å². The fourth-order valence-corrected chi connectivity index (χ4v) is 3.78. The number of pyridine rings is 1. The minimum absolute atomic E-state index is 0.113. The molecular weight excluding hydrogens is 278 g/mol. The van der Waals surface area contributed by atoms with Crippen LogP contribution in [0.25, 0.3) is 0 Å². The van der Waals surface area contributed by atoms with E-state index in [-0.39, 0.29) is 11.3 Å². The highest BCUT2D eigenvalue weighted by molar-refractivity contribution is 5.95. The Kier molecular flexibility index (Phi) is 4.34. The third-order valence-electron chi connectivity index (χ3n) is 4.93. The van der Waals surface area contributed by atoms with Crippen LogP contribution in [0.4, 0.5) is 0 Å². The largest absolute Gasteiger partial charge is 0.362 e. The summed E-state index contributed by atoms with van der Waals surface area (Å²) in [6, 6.07) is 1.98. The van der Waals surface area contributed by atoms with Crippen LogP contribution in [-0.4, -0.2) is 52.9 Å². The molecule has 22 heavy (non-hydrogen) atoms. The quantitative estimate of drug-likeness (QED) is 0.904. The summed E-state index contributed by atoms with van der Waals surface area (Å²) in [6.45, 7) is 7.46. The topological polar surface area (TPSA) is 56.4 Å². The Labute approximate surface area is 131 Å². The van der Waals surface area contributed by atoms with Crippen LogP contribution < -0.4 is 5.43 Å². The van der Waals surface area contributed by atoms with Crippen molar-refractivity contribution in [1.29, 1.82) is 0 Å². The zero-order chi connectivity index (χ0) is 15.7. The zero-order valence-corrected chi connectivity index (χ0v) is 13.5. The number of hydrogen-bond donors (Lipinski definition) is 1. The first-order valence-corrected chi connectivity index (χ1v) is 8.30. The van der Waals surface area contributed by atoms with E-state index in [1.807, 2.05) is 11.8 Å². The van der Waals surface area contributed by atoms with Crippen molar-refractivity contribution in [2.45, 2.75) is 45.6 Å². The smallest absolute Gasteiger partial charge is 0.259 e. The summed E-state index contributed by atoms with van der Waals surface area (Å²) in [5.41, 5.74) is 1.62. The molecule has 0 radical (unpaired) electrons. The molecule has 1 aromatic rings. The summed E-state index contributed by atoms with van der Waals surface area (Å²) in [6.07, 6.45) is 4.88. The highest BCUT2D eigenvalue weighted by Crippen LogP contribution is 2.21. The fourth-order valence-electron chi connectivity index (χ4n) is 3.78. The first-order chi connectivity index (χ1) is 10.6. The Morgan fingerprint density at radius 1 is 1.18 bits per heavy atom. The molecule has 2 saturated heterocycles. The first-order valence-electron chi connectivity index (χ1n) is 8.30. The van der Waals surface area contributed by atoms with Gasteiger partial charge in [0.25, 0.3) is 5.91 Å². The molecule has 0 aromatic carbocycles. The summed E-state index contributed by atoms with van der Waals surface area (Å²) in [5, 5.41) is 0. The van der Waals surface area contributed by atoms with Crippen LogP contribution in [-0.2, 0) is 0 Å². The number of nitrogens with zero attached hydrogens (tertiary/aromatic N) is 2. The SMILES string of the molecule is Cc1cc(=O)c(C(=O)N2CCC(N3CCCCC3)C2)c(C)[nH]1. The molecule has 3 rings (SSSR count). The van der Waals surface area contributed by atoms with Crippen LogP contribution in [0.15, 0.2) is 10.9 Å². The van der Waals surface area contributed by atoms with E-state index in [1.54, 1.807) is 6.92 Å². The lowest BCUT2D eigenvalue weighted by atomic mass is 10.1. The van der Waals surface area contributed by atoms with E-state index in [0.29, 0.717) is 17.3 Å². The van der Waals surface area contributed by atoms with Crippen molar-refractivity contribution in [2.24, 2.45) is 0 Å². The molecule has 5 heteroatoms. The van der Waals surface area contributed by atoms with Gasteiger partial charge in [-0.3, -0.25) is 14.5 Å². The Hall–Kier alpha value is -1.62. The number of amides is 1. The van der Waals surface area contributed by atoms with E-state index in [2.05, 4.69) is 9.88 Å². The molecule has 0 saturated carbocycles. The molecule has 1 unspecified atom stereocenters. The summed E-state index contributed by atoms with van der Waals surface area (Å²) < 4.78 is 0. The normalized spacial score (nSPS) is 23.0. The third-order valence-corrected chi connectivity index (χ3v) is 4.93. The highest BCUT2D eigenvalue weighted by Gasteiger charge is 2.32. The Morgan fingerprint density at radius 2 is 1.91 bits per heavy atom. The predicted molar refractivity (Wildman–Crippen MR) is 86.3 cm³/mol. The van der Waals surface area contributed by atoms with Crippen molar-refractivity contribution in [3.05, 3.63) is 33.2 Å². The van der Waals surface area contributed by atoms with Gasteiger partial charge >= 0.3 is 0 Å². The van der Waals surface area contributed by atoms with E-state index in [1.165, 1.54) is 25.3 Å². The Bertz CT molecular complexity index is 617. The van der Waals surface area contributed by atoms with Gasteiger partial charge < -0.3 is 9.88 Å². The van der Waals surface area contributed by atoms with Gasteiger partial charge in [-0.15, -0.1) is 0 Å². The standard InChI is InChI=1S/C17H25N3O2/c1-12-10-15(21)16(13(2)18-12)17(22)20-9-6-14(11-20)19-7-4-3-5-8-19/h10,14H,3-9,11H2,1-2H3,(H,18,21). The molecule has 120 valence electrons. The van der Waals surface area contributed by atoms with Gasteiger partial charge in [-0.2, -0.15) is 0 Å². The summed E-state index contributed by atoms with van der Waals surface area (Å²) in [7, 11) is 0. The summed E-state index contributed by atoms with van der Waals surface area (Å²) >= 11 is 0. The lowest BCUT2D eigenvalue weighted by Crippen LogP contribution is -2.42. The molecule has 1 atom stereocenters. The number of H-pyrrole nitrogens is 1. The molecule has 0 aliphatic carbocycles. The average molecular weight is 303 g/mol. The number of piperidine rings is 1. The van der Waals surface area contributed by atoms with Gasteiger partial charge in [0.15, 0.2) is 5.43 Å². The zero-order valence-electron chi connectivity index (χ0n) is 13.5.